The number of carbonyl (C=O) groups excluding carboxylic acids is 1. The van der Waals surface area contributed by atoms with Crippen LogP contribution in [0.4, 0.5) is 0 Å². The number of fused-ring (bicyclic) bond motifs is 1. The van der Waals surface area contributed by atoms with E-state index in [2.05, 4.69) is 5.32 Å². The van der Waals surface area contributed by atoms with Crippen LogP contribution in [0.3, 0.4) is 0 Å². The van der Waals surface area contributed by atoms with Crippen molar-refractivity contribution in [2.75, 3.05) is 0 Å². The Kier molecular flexibility index (Phi) is 4.81. The van der Waals surface area contributed by atoms with E-state index in [0.29, 0.717) is 18.4 Å². The minimum atomic E-state index is -0.472. The van der Waals surface area contributed by atoms with E-state index in [0.717, 1.165) is 10.3 Å². The lowest BCUT2D eigenvalue weighted by molar-refractivity contribution is -0.124. The second-order valence-corrected chi connectivity index (χ2v) is 6.86. The van der Waals surface area contributed by atoms with E-state index in [-0.39, 0.29) is 11.5 Å². The number of rotatable bonds is 5. The van der Waals surface area contributed by atoms with Gasteiger partial charge in [-0.15, -0.1) is 0 Å². The van der Waals surface area contributed by atoms with Crippen LogP contribution in [0.5, 0.6) is 0 Å². The van der Waals surface area contributed by atoms with Crippen LogP contribution in [0.15, 0.2) is 53.3 Å². The van der Waals surface area contributed by atoms with Gasteiger partial charge in [-0.3, -0.25) is 13.5 Å². The van der Waals surface area contributed by atoms with E-state index in [4.69, 9.17) is 0 Å². The number of aryl methyl sites for hydroxylation is 1. The second-order valence-electron chi connectivity index (χ2n) is 5.85. The Morgan fingerprint density at radius 1 is 1.17 bits per heavy atom. The highest BCUT2D eigenvalue weighted by molar-refractivity contribution is 7.14. The standard InChI is InChI=1S/C19H20N2O2S/c1-3-16(18(22)20-12-14-10-8-13(2)9-11-14)21-19(23)15-6-4-5-7-17(15)24-21/h4-11,16H,3,12H2,1-2H3,(H,20,22). The molecule has 1 N–H and O–H groups in total. The van der Waals surface area contributed by atoms with Gasteiger partial charge < -0.3 is 5.32 Å². The van der Waals surface area contributed by atoms with Gasteiger partial charge in [-0.25, -0.2) is 0 Å². The van der Waals surface area contributed by atoms with Gasteiger partial charge in [0.05, 0.1) is 10.1 Å². The van der Waals surface area contributed by atoms with Crippen molar-refractivity contribution in [1.82, 2.24) is 9.27 Å². The molecular formula is C19H20N2O2S. The summed E-state index contributed by atoms with van der Waals surface area (Å²) in [7, 11) is 0. The molecule has 5 heteroatoms. The quantitative estimate of drug-likeness (QED) is 0.771. The van der Waals surface area contributed by atoms with Crippen LogP contribution in [0, 0.1) is 6.92 Å². The largest absolute Gasteiger partial charge is 0.350 e. The first-order chi connectivity index (χ1) is 11.6. The van der Waals surface area contributed by atoms with E-state index in [1.165, 1.54) is 17.1 Å². The minimum absolute atomic E-state index is 0.0899. The molecule has 0 aliphatic rings. The topological polar surface area (TPSA) is 51.1 Å². The van der Waals surface area contributed by atoms with Crippen LogP contribution in [0.1, 0.15) is 30.5 Å². The van der Waals surface area contributed by atoms with Gasteiger partial charge >= 0.3 is 0 Å². The zero-order valence-corrected chi connectivity index (χ0v) is 14.6. The molecule has 4 nitrogen and oxygen atoms in total. The maximum absolute atomic E-state index is 12.6. The molecule has 0 saturated heterocycles. The maximum Gasteiger partial charge on any atom is 0.269 e. The third-order valence-electron chi connectivity index (χ3n) is 4.07. The molecule has 124 valence electrons. The van der Waals surface area contributed by atoms with Crippen molar-refractivity contribution < 1.29 is 4.79 Å². The third-order valence-corrected chi connectivity index (χ3v) is 5.24. The number of benzene rings is 2. The van der Waals surface area contributed by atoms with Crippen LogP contribution >= 0.6 is 11.5 Å². The van der Waals surface area contributed by atoms with E-state index in [1.807, 2.05) is 62.4 Å². The molecule has 0 spiro atoms. The summed E-state index contributed by atoms with van der Waals surface area (Å²) in [6, 6.07) is 15.0. The smallest absolute Gasteiger partial charge is 0.269 e. The lowest BCUT2D eigenvalue weighted by Crippen LogP contribution is -2.34. The normalized spacial score (nSPS) is 12.2. The fourth-order valence-electron chi connectivity index (χ4n) is 2.66. The van der Waals surface area contributed by atoms with Crippen LogP contribution in [0.2, 0.25) is 0 Å². The molecular weight excluding hydrogens is 320 g/mol. The first kappa shape index (κ1) is 16.5. The maximum atomic E-state index is 12.6. The summed E-state index contributed by atoms with van der Waals surface area (Å²) in [6.07, 6.45) is 0.576. The van der Waals surface area contributed by atoms with Crippen LogP contribution < -0.4 is 10.9 Å². The van der Waals surface area contributed by atoms with Crippen molar-refractivity contribution >= 4 is 27.5 Å². The Bertz CT molecular complexity index is 909. The Labute approximate surface area is 144 Å². The van der Waals surface area contributed by atoms with E-state index in [9.17, 15) is 9.59 Å². The molecule has 24 heavy (non-hydrogen) atoms. The average molecular weight is 340 g/mol. The Morgan fingerprint density at radius 2 is 1.88 bits per heavy atom. The SMILES string of the molecule is CCC(C(=O)NCc1ccc(C)cc1)n1sc2ccccc2c1=O. The van der Waals surface area contributed by atoms with Gasteiger partial charge in [0.1, 0.15) is 6.04 Å². The summed E-state index contributed by atoms with van der Waals surface area (Å²) in [5.41, 5.74) is 2.15. The van der Waals surface area contributed by atoms with Gasteiger partial charge in [-0.05, 0) is 31.0 Å². The summed E-state index contributed by atoms with van der Waals surface area (Å²) < 4.78 is 2.50. The summed E-state index contributed by atoms with van der Waals surface area (Å²) in [4.78, 5) is 25.1. The number of nitrogens with zero attached hydrogens (tertiary/aromatic N) is 1. The summed E-state index contributed by atoms with van der Waals surface area (Å²) >= 11 is 1.35. The average Bonchev–Trinajstić information content (AvgIpc) is 2.92. The molecule has 0 radical (unpaired) electrons. The van der Waals surface area contributed by atoms with E-state index < -0.39 is 6.04 Å². The number of hydrogen-bond acceptors (Lipinski definition) is 3. The second kappa shape index (κ2) is 7.01. The predicted octanol–water partition coefficient (Wildman–Crippen LogP) is 3.64. The summed E-state index contributed by atoms with van der Waals surface area (Å²) in [5, 5.41) is 3.62. The molecule has 0 aliphatic carbocycles. The monoisotopic (exact) mass is 340 g/mol. The molecule has 2 aromatic carbocycles. The molecule has 3 rings (SSSR count). The van der Waals surface area contributed by atoms with Gasteiger partial charge in [-0.1, -0.05) is 60.4 Å². The molecule has 1 amide bonds. The summed E-state index contributed by atoms with van der Waals surface area (Å²) in [6.45, 7) is 4.42. The Hall–Kier alpha value is -2.40. The summed E-state index contributed by atoms with van der Waals surface area (Å²) in [5.74, 6) is -0.119. The Balaban J connectivity index is 1.79. The fourth-order valence-corrected chi connectivity index (χ4v) is 3.82. The predicted molar refractivity (Wildman–Crippen MR) is 98.4 cm³/mol. The first-order valence-corrected chi connectivity index (χ1v) is 8.81. The molecule has 0 bridgehead atoms. The molecule has 0 aliphatic heterocycles. The molecule has 1 aromatic heterocycles. The molecule has 1 heterocycles. The van der Waals surface area contributed by atoms with E-state index >= 15 is 0 Å². The van der Waals surface area contributed by atoms with Crippen molar-refractivity contribution in [3.8, 4) is 0 Å². The van der Waals surface area contributed by atoms with Crippen molar-refractivity contribution in [2.24, 2.45) is 0 Å². The molecule has 0 saturated carbocycles. The van der Waals surface area contributed by atoms with Crippen molar-refractivity contribution in [3.63, 3.8) is 0 Å². The number of nitrogens with one attached hydrogen (secondary N) is 1. The molecule has 1 atom stereocenters. The minimum Gasteiger partial charge on any atom is -0.350 e. The zero-order valence-electron chi connectivity index (χ0n) is 13.8. The molecule has 1 unspecified atom stereocenters. The lowest BCUT2D eigenvalue weighted by Gasteiger charge is -2.15. The first-order valence-electron chi connectivity index (χ1n) is 8.04. The number of aromatic nitrogens is 1. The van der Waals surface area contributed by atoms with Crippen molar-refractivity contribution in [1.29, 1.82) is 0 Å². The van der Waals surface area contributed by atoms with Crippen molar-refractivity contribution in [2.45, 2.75) is 32.9 Å². The van der Waals surface area contributed by atoms with Crippen LogP contribution in [0.25, 0.3) is 10.1 Å². The number of amides is 1. The Morgan fingerprint density at radius 3 is 2.54 bits per heavy atom. The highest BCUT2D eigenvalue weighted by Gasteiger charge is 2.22. The van der Waals surface area contributed by atoms with Crippen LogP contribution in [-0.4, -0.2) is 9.86 Å². The highest BCUT2D eigenvalue weighted by atomic mass is 32.1. The van der Waals surface area contributed by atoms with Gasteiger partial charge in [0, 0.05) is 6.54 Å². The molecule has 3 aromatic rings. The van der Waals surface area contributed by atoms with Gasteiger partial charge in [0.2, 0.25) is 5.91 Å². The van der Waals surface area contributed by atoms with Gasteiger partial charge in [0.25, 0.3) is 5.56 Å². The number of carbonyl (C=O) groups is 1. The van der Waals surface area contributed by atoms with Crippen LogP contribution in [-0.2, 0) is 11.3 Å². The van der Waals surface area contributed by atoms with E-state index in [1.54, 1.807) is 3.96 Å². The van der Waals surface area contributed by atoms with Gasteiger partial charge in [0.15, 0.2) is 0 Å². The highest BCUT2D eigenvalue weighted by Crippen LogP contribution is 2.21. The van der Waals surface area contributed by atoms with Gasteiger partial charge in [-0.2, -0.15) is 0 Å². The zero-order chi connectivity index (χ0) is 17.1. The molecule has 0 fully saturated rings. The third kappa shape index (κ3) is 3.26. The lowest BCUT2D eigenvalue weighted by atomic mass is 10.1. The number of hydrogen-bond donors (Lipinski definition) is 1. The fraction of sp³-hybridized carbons (Fsp3) is 0.263. The van der Waals surface area contributed by atoms with Crippen molar-refractivity contribution in [3.05, 3.63) is 70.0 Å².